The molecule has 0 bridgehead atoms. The van der Waals surface area contributed by atoms with Gasteiger partial charge in [-0.25, -0.2) is 18.8 Å². The highest BCUT2D eigenvalue weighted by Crippen LogP contribution is 2.47. The van der Waals surface area contributed by atoms with Gasteiger partial charge in [-0.2, -0.15) is 0 Å². The molecule has 2 aromatic carbocycles. The molecule has 1 fully saturated rings. The summed E-state index contributed by atoms with van der Waals surface area (Å²) in [6.07, 6.45) is -5.57. The van der Waals surface area contributed by atoms with Crippen LogP contribution >= 0.6 is 7.75 Å². The number of hydrogen-bond acceptors (Lipinski definition) is 9. The van der Waals surface area contributed by atoms with Crippen molar-refractivity contribution in [3.05, 3.63) is 98.8 Å². The number of aromatic nitrogens is 2. The van der Waals surface area contributed by atoms with Crippen LogP contribution in [0.1, 0.15) is 45.0 Å². The number of aromatic amines is 1. The number of hydrogen-bond donors (Lipinski definition) is 4. The molecule has 3 aromatic rings. The van der Waals surface area contributed by atoms with Crippen molar-refractivity contribution in [2.24, 2.45) is 0 Å². The van der Waals surface area contributed by atoms with E-state index in [-0.39, 0.29) is 11.9 Å². The van der Waals surface area contributed by atoms with E-state index in [9.17, 15) is 24.4 Å². The van der Waals surface area contributed by atoms with Crippen molar-refractivity contribution >= 4 is 7.75 Å². The van der Waals surface area contributed by atoms with Crippen LogP contribution in [0.25, 0.3) is 0 Å². The second kappa shape index (κ2) is 14.0. The van der Waals surface area contributed by atoms with Crippen LogP contribution in [0.4, 0.5) is 4.39 Å². The number of H-pyrrole nitrogens is 1. The highest BCUT2D eigenvalue weighted by atomic mass is 31.2. The van der Waals surface area contributed by atoms with Crippen LogP contribution in [0.5, 0.6) is 5.75 Å². The monoisotopic (exact) mass is 631 g/mol. The van der Waals surface area contributed by atoms with E-state index >= 15 is 4.39 Å². The van der Waals surface area contributed by atoms with Gasteiger partial charge < -0.3 is 24.2 Å². The van der Waals surface area contributed by atoms with Crippen LogP contribution < -0.4 is 20.9 Å². The first-order chi connectivity index (χ1) is 20.8. The number of aliphatic hydroxyl groups is 2. The summed E-state index contributed by atoms with van der Waals surface area (Å²) in [5.41, 5.74) is -2.64. The summed E-state index contributed by atoms with van der Waals surface area (Å²) in [7, 11) is -4.36. The topological polar surface area (TPSA) is 161 Å². The third kappa shape index (κ3) is 8.31. The van der Waals surface area contributed by atoms with E-state index in [0.717, 1.165) is 29.3 Å². The molecule has 0 amide bonds. The molecule has 7 atom stereocenters. The fourth-order valence-electron chi connectivity index (χ4n) is 4.34. The Kier molecular flexibility index (Phi) is 10.6. The maximum absolute atomic E-state index is 15.6. The van der Waals surface area contributed by atoms with Crippen LogP contribution in [-0.4, -0.2) is 62.7 Å². The van der Waals surface area contributed by atoms with Gasteiger partial charge in [0.2, 0.25) is 0 Å². The van der Waals surface area contributed by atoms with Crippen LogP contribution in [0.3, 0.4) is 0 Å². The normalized spacial score (nSPS) is 24.2. The third-order valence-electron chi connectivity index (χ3n) is 6.64. The molecule has 4 N–H and O–H groups in total. The van der Waals surface area contributed by atoms with Gasteiger partial charge in [0, 0.05) is 23.4 Å². The second-order valence-electron chi connectivity index (χ2n) is 10.7. The Morgan fingerprint density at radius 3 is 2.34 bits per heavy atom. The van der Waals surface area contributed by atoms with Gasteiger partial charge in [0.1, 0.15) is 18.0 Å². The zero-order valence-electron chi connectivity index (χ0n) is 24.5. The summed E-state index contributed by atoms with van der Waals surface area (Å²) in [6, 6.07) is 15.8. The maximum atomic E-state index is 15.6. The van der Waals surface area contributed by atoms with Crippen LogP contribution in [-0.2, 0) is 18.6 Å². The Labute approximate surface area is 253 Å². The Morgan fingerprint density at radius 1 is 1.09 bits per heavy atom. The third-order valence-corrected chi connectivity index (χ3v) is 8.30. The Morgan fingerprint density at radius 2 is 1.73 bits per heavy atom. The van der Waals surface area contributed by atoms with E-state index in [1.807, 2.05) is 35.3 Å². The number of aliphatic hydroxyl groups excluding tert-OH is 2. The molecule has 4 rings (SSSR count). The molecule has 0 saturated carbocycles. The molecule has 1 aromatic heterocycles. The van der Waals surface area contributed by atoms with Crippen molar-refractivity contribution in [1.82, 2.24) is 14.6 Å². The van der Waals surface area contributed by atoms with E-state index in [2.05, 4.69) is 16.9 Å². The van der Waals surface area contributed by atoms with E-state index < -0.39 is 62.0 Å². The molecule has 1 aliphatic heterocycles. The predicted molar refractivity (Wildman–Crippen MR) is 159 cm³/mol. The quantitative estimate of drug-likeness (QED) is 0.141. The molecular formula is C30H35FN3O9P. The molecule has 12 nitrogen and oxygen atoms in total. The fourth-order valence-corrected chi connectivity index (χ4v) is 5.89. The van der Waals surface area contributed by atoms with Gasteiger partial charge in [-0.1, -0.05) is 30.0 Å². The zero-order chi connectivity index (χ0) is 32.1. The average molecular weight is 632 g/mol. The standard InChI is InChI=1S/C30H35FN3O9P/c1-19(2)41-27(37)20(3)33-44(39,43-23-14-12-22(13-15-23)11-10-21-8-6-5-7-9-21)40-18-24-26(36)30(4,31)28(42-24)34-17-16-25(35)32-29(34)38/h5-9,12-17,19-20,24,26-28,36-37H,18H2,1-4H3,(H,33,39)(H,32,35,38)/t20-,24+,26+,27?,28+,30+,44?/m0/s1. The fraction of sp³-hybridized carbons (Fsp3) is 0.400. The van der Waals surface area contributed by atoms with Gasteiger partial charge in [-0.05, 0) is 64.1 Å². The van der Waals surface area contributed by atoms with Gasteiger partial charge in [0.05, 0.1) is 18.8 Å². The maximum Gasteiger partial charge on any atom is 0.459 e. The number of ether oxygens (including phenoxy) is 2. The largest absolute Gasteiger partial charge is 0.459 e. The molecule has 2 heterocycles. The van der Waals surface area contributed by atoms with Gasteiger partial charge in [0.25, 0.3) is 5.56 Å². The number of alkyl halides is 1. The molecule has 2 unspecified atom stereocenters. The lowest BCUT2D eigenvalue weighted by Crippen LogP contribution is -2.44. The number of benzene rings is 2. The van der Waals surface area contributed by atoms with Crippen LogP contribution in [0.2, 0.25) is 0 Å². The second-order valence-corrected chi connectivity index (χ2v) is 12.4. The van der Waals surface area contributed by atoms with Crippen molar-refractivity contribution in [1.29, 1.82) is 0 Å². The number of rotatable bonds is 11. The SMILES string of the molecule is CC(C)OC(O)[C@H](C)NP(=O)(OC[C@H]1O[C@@H](n2ccc(=O)[nH]c2=O)[C@](C)(F)[C@@H]1O)Oc1ccc(C#Cc2ccccc2)cc1. The van der Waals surface area contributed by atoms with Gasteiger partial charge in [-0.3, -0.25) is 18.9 Å². The lowest BCUT2D eigenvalue weighted by Gasteiger charge is -2.28. The Hall–Kier alpha value is -3.60. The van der Waals surface area contributed by atoms with Crippen molar-refractivity contribution in [2.45, 2.75) is 70.2 Å². The van der Waals surface area contributed by atoms with Crippen LogP contribution in [0, 0.1) is 11.8 Å². The lowest BCUT2D eigenvalue weighted by molar-refractivity contribution is -0.138. The molecule has 1 saturated heterocycles. The predicted octanol–water partition coefficient (Wildman–Crippen LogP) is 2.85. The van der Waals surface area contributed by atoms with Crippen molar-refractivity contribution in [2.75, 3.05) is 6.61 Å². The Balaban J connectivity index is 1.52. The Bertz CT molecular complexity index is 1630. The number of nitrogens with one attached hydrogen (secondary N) is 2. The highest BCUT2D eigenvalue weighted by Gasteiger charge is 2.56. The van der Waals surface area contributed by atoms with E-state index in [1.54, 1.807) is 26.0 Å². The molecule has 236 valence electrons. The molecule has 0 aliphatic carbocycles. The average Bonchev–Trinajstić information content (AvgIpc) is 3.19. The van der Waals surface area contributed by atoms with E-state index in [0.29, 0.717) is 5.56 Å². The summed E-state index contributed by atoms with van der Waals surface area (Å²) in [4.78, 5) is 25.7. The van der Waals surface area contributed by atoms with E-state index in [1.165, 1.54) is 19.1 Å². The summed E-state index contributed by atoms with van der Waals surface area (Å²) in [5.74, 6) is 6.18. The molecule has 44 heavy (non-hydrogen) atoms. The van der Waals surface area contributed by atoms with Crippen LogP contribution in [0.15, 0.2) is 76.4 Å². The van der Waals surface area contributed by atoms with E-state index in [4.69, 9.17) is 18.5 Å². The molecule has 0 radical (unpaired) electrons. The minimum absolute atomic E-state index is 0.124. The summed E-state index contributed by atoms with van der Waals surface area (Å²) < 4.78 is 52.7. The van der Waals surface area contributed by atoms with Gasteiger partial charge in [0.15, 0.2) is 18.2 Å². The first-order valence-electron chi connectivity index (χ1n) is 13.8. The highest BCUT2D eigenvalue weighted by molar-refractivity contribution is 7.52. The molecular weight excluding hydrogens is 596 g/mol. The minimum Gasteiger partial charge on any atom is -0.413 e. The smallest absolute Gasteiger partial charge is 0.413 e. The van der Waals surface area contributed by atoms with Crippen molar-refractivity contribution in [3.63, 3.8) is 0 Å². The minimum atomic E-state index is -4.36. The first kappa shape index (κ1) is 33.3. The van der Waals surface area contributed by atoms with Gasteiger partial charge >= 0.3 is 13.4 Å². The number of halogens is 1. The van der Waals surface area contributed by atoms with Crippen molar-refractivity contribution < 1.29 is 37.7 Å². The van der Waals surface area contributed by atoms with Gasteiger partial charge in [-0.15, -0.1) is 0 Å². The summed E-state index contributed by atoms with van der Waals surface area (Å²) in [5, 5.41) is 23.7. The number of nitrogens with zero attached hydrogens (tertiary/aromatic N) is 1. The molecule has 1 aliphatic rings. The molecule has 0 spiro atoms. The molecule has 14 heteroatoms. The van der Waals surface area contributed by atoms with Crippen molar-refractivity contribution in [3.8, 4) is 17.6 Å². The summed E-state index contributed by atoms with van der Waals surface area (Å²) >= 11 is 0. The zero-order valence-corrected chi connectivity index (χ0v) is 25.4. The summed E-state index contributed by atoms with van der Waals surface area (Å²) in [6.45, 7) is 5.29. The lowest BCUT2D eigenvalue weighted by atomic mass is 9.98. The first-order valence-corrected chi connectivity index (χ1v) is 15.4.